The van der Waals surface area contributed by atoms with Gasteiger partial charge >= 0.3 is 5.97 Å². The van der Waals surface area contributed by atoms with Crippen molar-refractivity contribution in [3.05, 3.63) is 84.3 Å². The Morgan fingerprint density at radius 2 is 1.88 bits per heavy atom. The number of carboxylic acids is 1. The first-order valence-corrected chi connectivity index (χ1v) is 8.14. The van der Waals surface area contributed by atoms with E-state index in [1.807, 2.05) is 47.4 Å². The van der Waals surface area contributed by atoms with E-state index in [0.29, 0.717) is 12.2 Å². The summed E-state index contributed by atoms with van der Waals surface area (Å²) in [6.45, 7) is 0.524. The highest BCUT2D eigenvalue weighted by molar-refractivity contribution is 5.96. The molecule has 0 fully saturated rings. The molecule has 0 spiro atoms. The van der Waals surface area contributed by atoms with Gasteiger partial charge in [-0.2, -0.15) is 5.10 Å². The van der Waals surface area contributed by atoms with Gasteiger partial charge in [0, 0.05) is 30.0 Å². The number of para-hydroxylation sites is 1. The lowest BCUT2D eigenvalue weighted by Gasteiger charge is -2.26. The standard InChI is InChI=1S/C20H16N4O2/c25-20(26)17-3-1-2-4-19(17)24(13-14-7-9-21-10-8-14)16-5-6-18-15(11-16)12-22-23-18/h1-12H,13H2,(H,22,23)(H,25,26). The molecule has 0 amide bonds. The highest BCUT2D eigenvalue weighted by atomic mass is 16.4. The number of nitrogens with one attached hydrogen (secondary N) is 1. The molecular weight excluding hydrogens is 328 g/mol. The van der Waals surface area contributed by atoms with Crippen LogP contribution in [0, 0.1) is 0 Å². The van der Waals surface area contributed by atoms with E-state index in [1.54, 1.807) is 30.7 Å². The van der Waals surface area contributed by atoms with Gasteiger partial charge in [-0.3, -0.25) is 10.1 Å². The maximum absolute atomic E-state index is 11.7. The monoisotopic (exact) mass is 344 g/mol. The number of carboxylic acid groups (broad SMARTS) is 1. The Balaban J connectivity index is 1.85. The van der Waals surface area contributed by atoms with Crippen LogP contribution in [0.15, 0.2) is 73.2 Å². The van der Waals surface area contributed by atoms with Crippen molar-refractivity contribution in [2.75, 3.05) is 4.90 Å². The quantitative estimate of drug-likeness (QED) is 0.572. The molecular formula is C20H16N4O2. The molecule has 0 saturated heterocycles. The van der Waals surface area contributed by atoms with Crippen molar-refractivity contribution in [2.24, 2.45) is 0 Å². The Labute approximate surface area is 149 Å². The van der Waals surface area contributed by atoms with E-state index in [-0.39, 0.29) is 5.56 Å². The third-order valence-corrected chi connectivity index (χ3v) is 4.25. The second-order valence-electron chi connectivity index (χ2n) is 5.91. The number of hydrogen-bond donors (Lipinski definition) is 2. The van der Waals surface area contributed by atoms with E-state index in [2.05, 4.69) is 15.2 Å². The zero-order valence-corrected chi connectivity index (χ0v) is 13.8. The molecule has 2 aromatic carbocycles. The second kappa shape index (κ2) is 6.68. The van der Waals surface area contributed by atoms with Gasteiger partial charge < -0.3 is 10.0 Å². The molecule has 4 rings (SSSR count). The van der Waals surface area contributed by atoms with Crippen LogP contribution in [0.4, 0.5) is 11.4 Å². The van der Waals surface area contributed by atoms with Crippen LogP contribution in [0.3, 0.4) is 0 Å². The molecule has 6 nitrogen and oxygen atoms in total. The number of hydrogen-bond acceptors (Lipinski definition) is 4. The summed E-state index contributed by atoms with van der Waals surface area (Å²) in [5, 5.41) is 17.6. The number of carbonyl (C=O) groups is 1. The summed E-state index contributed by atoms with van der Waals surface area (Å²) >= 11 is 0. The number of H-pyrrole nitrogens is 1. The summed E-state index contributed by atoms with van der Waals surface area (Å²) in [4.78, 5) is 17.8. The molecule has 0 atom stereocenters. The van der Waals surface area contributed by atoms with Crippen LogP contribution in [0.2, 0.25) is 0 Å². The predicted molar refractivity (Wildman–Crippen MR) is 99.6 cm³/mol. The predicted octanol–water partition coefficient (Wildman–Crippen LogP) is 3.99. The average Bonchev–Trinajstić information content (AvgIpc) is 3.14. The molecule has 0 unspecified atom stereocenters. The summed E-state index contributed by atoms with van der Waals surface area (Å²) in [7, 11) is 0. The summed E-state index contributed by atoms with van der Waals surface area (Å²) in [5.74, 6) is -0.954. The lowest BCUT2D eigenvalue weighted by atomic mass is 10.1. The molecule has 2 N–H and O–H groups in total. The number of aromatic amines is 1. The molecule has 2 heterocycles. The van der Waals surface area contributed by atoms with Crippen molar-refractivity contribution in [1.82, 2.24) is 15.2 Å². The Hall–Kier alpha value is -3.67. The fourth-order valence-electron chi connectivity index (χ4n) is 2.97. The average molecular weight is 344 g/mol. The van der Waals surface area contributed by atoms with Crippen LogP contribution >= 0.6 is 0 Å². The first-order valence-electron chi connectivity index (χ1n) is 8.14. The van der Waals surface area contributed by atoms with Gasteiger partial charge in [-0.25, -0.2) is 4.79 Å². The van der Waals surface area contributed by atoms with Gasteiger partial charge in [0.05, 0.1) is 23.0 Å². The molecule has 0 radical (unpaired) electrons. The van der Waals surface area contributed by atoms with Crippen molar-refractivity contribution >= 4 is 28.2 Å². The zero-order chi connectivity index (χ0) is 17.9. The van der Waals surface area contributed by atoms with Gasteiger partial charge in [-0.05, 0) is 48.0 Å². The Bertz CT molecular complexity index is 1060. The lowest BCUT2D eigenvalue weighted by molar-refractivity contribution is 0.0697. The van der Waals surface area contributed by atoms with Crippen molar-refractivity contribution in [3.63, 3.8) is 0 Å². The largest absolute Gasteiger partial charge is 0.478 e. The van der Waals surface area contributed by atoms with Gasteiger partial charge in [0.1, 0.15) is 0 Å². The molecule has 4 aromatic rings. The van der Waals surface area contributed by atoms with E-state index >= 15 is 0 Å². The van der Waals surface area contributed by atoms with Crippen molar-refractivity contribution in [1.29, 1.82) is 0 Å². The first kappa shape index (κ1) is 15.8. The smallest absolute Gasteiger partial charge is 0.337 e. The summed E-state index contributed by atoms with van der Waals surface area (Å²) in [5.41, 5.74) is 3.76. The number of fused-ring (bicyclic) bond motifs is 1. The Kier molecular flexibility index (Phi) is 4.07. The topological polar surface area (TPSA) is 82.1 Å². The highest BCUT2D eigenvalue weighted by Gasteiger charge is 2.18. The van der Waals surface area contributed by atoms with Crippen LogP contribution in [-0.2, 0) is 6.54 Å². The van der Waals surface area contributed by atoms with Crippen molar-refractivity contribution in [3.8, 4) is 0 Å². The second-order valence-corrected chi connectivity index (χ2v) is 5.91. The molecule has 0 aliphatic heterocycles. The molecule has 2 aromatic heterocycles. The van der Waals surface area contributed by atoms with Gasteiger partial charge in [-0.1, -0.05) is 12.1 Å². The van der Waals surface area contributed by atoms with Gasteiger partial charge in [-0.15, -0.1) is 0 Å². The van der Waals surface area contributed by atoms with Crippen LogP contribution in [0.5, 0.6) is 0 Å². The molecule has 0 bridgehead atoms. The van der Waals surface area contributed by atoms with E-state index in [4.69, 9.17) is 0 Å². The fraction of sp³-hybridized carbons (Fsp3) is 0.0500. The number of anilines is 2. The Morgan fingerprint density at radius 3 is 2.69 bits per heavy atom. The van der Waals surface area contributed by atoms with Crippen LogP contribution < -0.4 is 4.90 Å². The summed E-state index contributed by atoms with van der Waals surface area (Å²) in [6.07, 6.45) is 5.22. The molecule has 0 saturated carbocycles. The molecule has 128 valence electrons. The lowest BCUT2D eigenvalue weighted by Crippen LogP contribution is -2.19. The van der Waals surface area contributed by atoms with Crippen molar-refractivity contribution in [2.45, 2.75) is 6.54 Å². The highest BCUT2D eigenvalue weighted by Crippen LogP contribution is 2.32. The molecule has 26 heavy (non-hydrogen) atoms. The first-order chi connectivity index (χ1) is 12.7. The maximum atomic E-state index is 11.7. The third-order valence-electron chi connectivity index (χ3n) is 4.25. The minimum absolute atomic E-state index is 0.258. The van der Waals surface area contributed by atoms with E-state index in [0.717, 1.165) is 22.2 Å². The number of rotatable bonds is 5. The third kappa shape index (κ3) is 3.00. The number of benzene rings is 2. The van der Waals surface area contributed by atoms with E-state index in [1.165, 1.54) is 0 Å². The molecule has 0 aliphatic carbocycles. The maximum Gasteiger partial charge on any atom is 0.337 e. The van der Waals surface area contributed by atoms with Gasteiger partial charge in [0.25, 0.3) is 0 Å². The van der Waals surface area contributed by atoms with Gasteiger partial charge in [0.2, 0.25) is 0 Å². The normalized spacial score (nSPS) is 10.8. The minimum Gasteiger partial charge on any atom is -0.478 e. The van der Waals surface area contributed by atoms with Crippen molar-refractivity contribution < 1.29 is 9.90 Å². The SMILES string of the molecule is O=C(O)c1ccccc1N(Cc1ccncc1)c1ccc2[nH]ncc2c1. The number of aromatic carboxylic acids is 1. The number of aromatic nitrogens is 3. The molecule has 0 aliphatic rings. The summed E-state index contributed by atoms with van der Waals surface area (Å²) in [6, 6.07) is 16.8. The van der Waals surface area contributed by atoms with E-state index in [9.17, 15) is 9.90 Å². The number of pyridine rings is 1. The number of nitrogens with zero attached hydrogens (tertiary/aromatic N) is 3. The zero-order valence-electron chi connectivity index (χ0n) is 13.8. The minimum atomic E-state index is -0.954. The van der Waals surface area contributed by atoms with Crippen LogP contribution in [-0.4, -0.2) is 26.3 Å². The molecule has 6 heteroatoms. The van der Waals surface area contributed by atoms with Gasteiger partial charge in [0.15, 0.2) is 0 Å². The van der Waals surface area contributed by atoms with Crippen LogP contribution in [0.1, 0.15) is 15.9 Å². The van der Waals surface area contributed by atoms with E-state index < -0.39 is 5.97 Å². The Morgan fingerprint density at radius 1 is 1.08 bits per heavy atom. The van der Waals surface area contributed by atoms with Crippen LogP contribution in [0.25, 0.3) is 10.9 Å². The summed E-state index contributed by atoms with van der Waals surface area (Å²) < 4.78 is 0. The fourth-order valence-corrected chi connectivity index (χ4v) is 2.97.